The van der Waals surface area contributed by atoms with Gasteiger partial charge in [-0.2, -0.15) is 0 Å². The third kappa shape index (κ3) is 2.55. The van der Waals surface area contributed by atoms with Crippen molar-refractivity contribution in [2.75, 3.05) is 0 Å². The molecule has 0 unspecified atom stereocenters. The van der Waals surface area contributed by atoms with E-state index in [1.807, 2.05) is 0 Å². The van der Waals surface area contributed by atoms with Crippen molar-refractivity contribution in [2.24, 2.45) is 0 Å². The summed E-state index contributed by atoms with van der Waals surface area (Å²) >= 11 is -2.13. The van der Waals surface area contributed by atoms with Crippen LogP contribution >= 0.6 is 0 Å². The molecule has 2 heteroatoms. The molecule has 0 aliphatic heterocycles. The fourth-order valence-corrected chi connectivity index (χ4v) is 0.909. The van der Waals surface area contributed by atoms with E-state index in [0.29, 0.717) is 0 Å². The van der Waals surface area contributed by atoms with Crippen LogP contribution in [0.3, 0.4) is 0 Å². The summed E-state index contributed by atoms with van der Waals surface area (Å²) in [5, 5.41) is 0. The monoisotopic (exact) mass is 268 g/mol. The van der Waals surface area contributed by atoms with Gasteiger partial charge in [-0.3, -0.25) is 0 Å². The number of rotatable bonds is 0. The Morgan fingerprint density at radius 1 is 1.33 bits per heavy atom. The third-order valence-corrected chi connectivity index (χ3v) is 3.01. The van der Waals surface area contributed by atoms with E-state index >= 15 is 0 Å². The summed E-state index contributed by atoms with van der Waals surface area (Å²) in [7, 11) is 0. The van der Waals surface area contributed by atoms with Crippen LogP contribution in [0.5, 0.6) is 0 Å². The van der Waals surface area contributed by atoms with Crippen LogP contribution in [0.1, 0.15) is 13.8 Å². The number of hydrogen-bond donors (Lipinski definition) is 0. The van der Waals surface area contributed by atoms with Gasteiger partial charge in [0, 0.05) is 0 Å². The van der Waals surface area contributed by atoms with Gasteiger partial charge in [-0.1, -0.05) is 0 Å². The van der Waals surface area contributed by atoms with Crippen molar-refractivity contribution in [3.8, 4) is 0 Å². The summed E-state index contributed by atoms with van der Waals surface area (Å²) in [5.74, 6) is 0. The first-order valence-electron chi connectivity index (χ1n) is 1.67. The summed E-state index contributed by atoms with van der Waals surface area (Å²) in [5.41, 5.74) is 0. The summed E-state index contributed by atoms with van der Waals surface area (Å²) in [6.07, 6.45) is 0. The Labute approximate surface area is 42.8 Å². The van der Waals surface area contributed by atoms with Crippen LogP contribution in [0.15, 0.2) is 0 Å². The van der Waals surface area contributed by atoms with E-state index < -0.39 is 16.1 Å². The molecule has 0 spiro atoms. The maximum absolute atomic E-state index is 11.9. The van der Waals surface area contributed by atoms with E-state index in [2.05, 4.69) is 0 Å². The third-order valence-electron chi connectivity index (χ3n) is 0.368. The summed E-state index contributed by atoms with van der Waals surface area (Å²) in [6, 6.07) is 0. The van der Waals surface area contributed by atoms with Crippen LogP contribution < -0.4 is 0 Å². The molecular weight excluding hydrogens is 259 g/mol. The van der Waals surface area contributed by atoms with Gasteiger partial charge in [-0.25, -0.2) is 0 Å². The van der Waals surface area contributed by atoms with Gasteiger partial charge >= 0.3 is 42.2 Å². The van der Waals surface area contributed by atoms with Gasteiger partial charge in [0.15, 0.2) is 0 Å². The van der Waals surface area contributed by atoms with Crippen molar-refractivity contribution in [3.63, 3.8) is 0 Å². The molecule has 0 aromatic carbocycles. The Balaban J connectivity index is 3.86. The normalized spacial score (nSPS) is 18.8. The van der Waals surface area contributed by atoms with E-state index in [9.17, 15) is 3.25 Å². The minimum absolute atomic E-state index is 1.67. The molecule has 0 saturated heterocycles. The van der Waals surface area contributed by atoms with E-state index in [1.165, 1.54) is 0 Å². The Morgan fingerprint density at radius 3 is 1.67 bits per heavy atom. The molecule has 0 N–H and O–H groups in total. The SMILES string of the molecule is C/[CH]=[Ir](\[F])=[CH]/C. The van der Waals surface area contributed by atoms with Gasteiger partial charge in [0.25, 0.3) is 0 Å². The quantitative estimate of drug-likeness (QED) is 0.617. The Bertz CT molecular complexity index is 88.1. The van der Waals surface area contributed by atoms with Crippen molar-refractivity contribution in [1.29, 1.82) is 0 Å². The second-order valence-corrected chi connectivity index (χ2v) is 5.25. The number of hydrogen-bond acceptors (Lipinski definition) is 0. The van der Waals surface area contributed by atoms with E-state index in [0.717, 1.165) is 0 Å². The van der Waals surface area contributed by atoms with Gasteiger partial charge < -0.3 is 0 Å². The molecule has 0 rings (SSSR count). The molecule has 0 atom stereocenters. The van der Waals surface area contributed by atoms with Gasteiger partial charge in [0.05, 0.1) is 0 Å². The van der Waals surface area contributed by atoms with Crippen LogP contribution in [0.4, 0.5) is 3.25 Å². The molecule has 0 bridgehead atoms. The van der Waals surface area contributed by atoms with E-state index in [-0.39, 0.29) is 0 Å². The molecule has 0 aliphatic rings. The molecular formula is C4H8FIr. The second-order valence-electron chi connectivity index (χ2n) is 0.641. The molecule has 0 radical (unpaired) electrons. The van der Waals surface area contributed by atoms with Crippen LogP contribution in [0.2, 0.25) is 0 Å². The maximum atomic E-state index is 11.9. The predicted molar refractivity (Wildman–Crippen MR) is 24.6 cm³/mol. The Morgan fingerprint density at radius 2 is 1.67 bits per heavy atom. The average Bonchev–Trinajstić information content (AvgIpc) is 1.65. The Hall–Kier alpha value is 0.319. The number of halogens is 1. The first-order valence-corrected chi connectivity index (χ1v) is 5.34. The summed E-state index contributed by atoms with van der Waals surface area (Å²) < 4.78 is 15.2. The van der Waals surface area contributed by atoms with Gasteiger partial charge in [0.2, 0.25) is 0 Å². The van der Waals surface area contributed by atoms with Gasteiger partial charge in [-0.05, 0) is 0 Å². The summed E-state index contributed by atoms with van der Waals surface area (Å²) in [4.78, 5) is 0. The summed E-state index contributed by atoms with van der Waals surface area (Å²) in [6.45, 7) is 3.55. The van der Waals surface area contributed by atoms with E-state index in [4.69, 9.17) is 0 Å². The van der Waals surface area contributed by atoms with Crippen molar-refractivity contribution in [1.82, 2.24) is 0 Å². The van der Waals surface area contributed by atoms with Crippen molar-refractivity contribution in [2.45, 2.75) is 13.8 Å². The fourth-order valence-electron chi connectivity index (χ4n) is 0.111. The van der Waals surface area contributed by atoms with Crippen molar-refractivity contribution in [3.05, 3.63) is 0 Å². The molecule has 6 heavy (non-hydrogen) atoms. The van der Waals surface area contributed by atoms with Crippen LogP contribution in [-0.4, -0.2) is 9.05 Å². The Kier molecular flexibility index (Phi) is 3.69. The van der Waals surface area contributed by atoms with Crippen molar-refractivity contribution >= 4 is 9.05 Å². The average molecular weight is 267 g/mol. The van der Waals surface area contributed by atoms with Crippen LogP contribution in [-0.2, 0) is 16.1 Å². The second kappa shape index (κ2) is 3.51. The first-order chi connectivity index (χ1) is 2.81. The van der Waals surface area contributed by atoms with Crippen LogP contribution in [0, 0.1) is 0 Å². The first kappa shape index (κ1) is 6.32. The molecule has 0 saturated carbocycles. The molecule has 0 aromatic heterocycles. The molecule has 0 fully saturated rings. The van der Waals surface area contributed by atoms with Gasteiger partial charge in [0.1, 0.15) is 0 Å². The molecule has 0 nitrogen and oxygen atoms in total. The van der Waals surface area contributed by atoms with Gasteiger partial charge in [-0.15, -0.1) is 0 Å². The molecule has 0 aliphatic carbocycles. The van der Waals surface area contributed by atoms with Crippen LogP contribution in [0.25, 0.3) is 0 Å². The zero-order chi connectivity index (χ0) is 4.99. The van der Waals surface area contributed by atoms with E-state index in [1.54, 1.807) is 22.9 Å². The zero-order valence-corrected chi connectivity index (χ0v) is 6.26. The molecule has 0 aromatic rings. The molecule has 40 valence electrons. The molecule has 0 heterocycles. The fraction of sp³-hybridized carbons (Fsp3) is 0.500. The molecule has 0 amide bonds. The zero-order valence-electron chi connectivity index (χ0n) is 3.87. The minimum atomic E-state index is -2.13. The topological polar surface area (TPSA) is 0 Å². The standard InChI is InChI=1S/2C2H4.FH.Ir/c2*1-2;;/h2*1H,2H3;1H;/q;;;+1/p-1. The predicted octanol–water partition coefficient (Wildman–Crippen LogP) is 1.13. The van der Waals surface area contributed by atoms with Crippen molar-refractivity contribution < 1.29 is 19.3 Å².